The Morgan fingerprint density at radius 3 is 2.93 bits per heavy atom. The smallest absolute Gasteiger partial charge is 0.158 e. The first-order valence-electron chi connectivity index (χ1n) is 4.32. The van der Waals surface area contributed by atoms with Gasteiger partial charge in [-0.25, -0.2) is 9.97 Å². The summed E-state index contributed by atoms with van der Waals surface area (Å²) in [5.74, 6) is 1.86. The van der Waals surface area contributed by atoms with Crippen LogP contribution in [-0.4, -0.2) is 28.5 Å². The standard InChI is InChI=1S/C9H12N4S/c1-14-4-2-3-11-9-7-12-8(5-10)6-13-9/h6-7H,2-4H2,1H3,(H,11,13). The average Bonchev–Trinajstić information content (AvgIpc) is 2.25. The first-order valence-corrected chi connectivity index (χ1v) is 5.71. The van der Waals surface area contributed by atoms with Crippen LogP contribution in [0.1, 0.15) is 12.1 Å². The fourth-order valence-electron chi connectivity index (χ4n) is 0.910. The fourth-order valence-corrected chi connectivity index (χ4v) is 1.34. The monoisotopic (exact) mass is 208 g/mol. The Kier molecular flexibility index (Phi) is 4.79. The molecule has 0 aliphatic rings. The van der Waals surface area contributed by atoms with Crippen LogP contribution in [0, 0.1) is 11.3 Å². The number of aromatic nitrogens is 2. The maximum Gasteiger partial charge on any atom is 0.158 e. The van der Waals surface area contributed by atoms with E-state index in [0.29, 0.717) is 5.69 Å². The number of nitrogens with one attached hydrogen (secondary N) is 1. The van der Waals surface area contributed by atoms with E-state index in [4.69, 9.17) is 5.26 Å². The maximum atomic E-state index is 8.50. The molecule has 0 saturated heterocycles. The molecule has 0 aliphatic carbocycles. The molecule has 0 amide bonds. The summed E-state index contributed by atoms with van der Waals surface area (Å²) in [5.41, 5.74) is 0.347. The quantitative estimate of drug-likeness (QED) is 0.743. The molecule has 1 heterocycles. The summed E-state index contributed by atoms with van der Waals surface area (Å²) < 4.78 is 0. The van der Waals surface area contributed by atoms with Crippen molar-refractivity contribution in [3.63, 3.8) is 0 Å². The van der Waals surface area contributed by atoms with E-state index in [0.717, 1.165) is 24.5 Å². The number of hydrogen-bond acceptors (Lipinski definition) is 5. The van der Waals surface area contributed by atoms with E-state index < -0.39 is 0 Å². The van der Waals surface area contributed by atoms with Crippen molar-refractivity contribution in [2.24, 2.45) is 0 Å². The minimum atomic E-state index is 0.347. The second-order valence-corrected chi connectivity index (χ2v) is 3.66. The van der Waals surface area contributed by atoms with Gasteiger partial charge in [-0.05, 0) is 18.4 Å². The molecule has 14 heavy (non-hydrogen) atoms. The van der Waals surface area contributed by atoms with Crippen molar-refractivity contribution in [2.75, 3.05) is 23.9 Å². The maximum absolute atomic E-state index is 8.50. The van der Waals surface area contributed by atoms with E-state index in [1.807, 2.05) is 17.8 Å². The van der Waals surface area contributed by atoms with E-state index >= 15 is 0 Å². The number of anilines is 1. The Morgan fingerprint density at radius 1 is 1.50 bits per heavy atom. The van der Waals surface area contributed by atoms with Crippen molar-refractivity contribution >= 4 is 17.6 Å². The first kappa shape index (κ1) is 10.8. The Bertz CT molecular complexity index is 304. The van der Waals surface area contributed by atoms with Gasteiger partial charge in [0.05, 0.1) is 12.4 Å². The van der Waals surface area contributed by atoms with Crippen molar-refractivity contribution < 1.29 is 0 Å². The summed E-state index contributed by atoms with van der Waals surface area (Å²) in [7, 11) is 0. The molecule has 1 aromatic heterocycles. The van der Waals surface area contributed by atoms with Gasteiger partial charge in [0, 0.05) is 6.54 Å². The predicted molar refractivity (Wildman–Crippen MR) is 58.2 cm³/mol. The van der Waals surface area contributed by atoms with Crippen molar-refractivity contribution in [2.45, 2.75) is 6.42 Å². The lowest BCUT2D eigenvalue weighted by Gasteiger charge is -2.03. The minimum absolute atomic E-state index is 0.347. The van der Waals surface area contributed by atoms with Gasteiger partial charge in [0.2, 0.25) is 0 Å². The average molecular weight is 208 g/mol. The van der Waals surface area contributed by atoms with Crippen LogP contribution in [0.2, 0.25) is 0 Å². The van der Waals surface area contributed by atoms with Crippen LogP contribution in [0.15, 0.2) is 12.4 Å². The van der Waals surface area contributed by atoms with E-state index in [1.165, 1.54) is 6.20 Å². The summed E-state index contributed by atoms with van der Waals surface area (Å²) in [6, 6.07) is 1.93. The number of nitrogens with zero attached hydrogens (tertiary/aromatic N) is 3. The molecule has 1 aromatic rings. The Morgan fingerprint density at radius 2 is 2.36 bits per heavy atom. The molecular formula is C9H12N4S. The summed E-state index contributed by atoms with van der Waals surface area (Å²) in [4.78, 5) is 7.95. The van der Waals surface area contributed by atoms with Gasteiger partial charge < -0.3 is 5.32 Å². The highest BCUT2D eigenvalue weighted by Gasteiger charge is 1.94. The molecule has 0 bridgehead atoms. The number of nitriles is 1. The van der Waals surface area contributed by atoms with Gasteiger partial charge in [-0.15, -0.1) is 0 Å². The van der Waals surface area contributed by atoms with Crippen molar-refractivity contribution in [3.8, 4) is 6.07 Å². The van der Waals surface area contributed by atoms with Crippen LogP contribution in [0.4, 0.5) is 5.82 Å². The molecule has 4 nitrogen and oxygen atoms in total. The first-order chi connectivity index (χ1) is 6.86. The van der Waals surface area contributed by atoms with Gasteiger partial charge in [0.1, 0.15) is 11.9 Å². The summed E-state index contributed by atoms with van der Waals surface area (Å²) in [6.07, 6.45) is 6.24. The molecule has 0 unspecified atom stereocenters. The zero-order valence-electron chi connectivity index (χ0n) is 8.03. The van der Waals surface area contributed by atoms with E-state index in [9.17, 15) is 0 Å². The predicted octanol–water partition coefficient (Wildman–Crippen LogP) is 1.51. The molecule has 74 valence electrons. The lowest BCUT2D eigenvalue weighted by molar-refractivity contribution is 0.975. The van der Waals surface area contributed by atoms with Crippen molar-refractivity contribution in [1.29, 1.82) is 5.26 Å². The molecule has 5 heteroatoms. The zero-order valence-corrected chi connectivity index (χ0v) is 8.84. The largest absolute Gasteiger partial charge is 0.369 e. The zero-order chi connectivity index (χ0) is 10.2. The SMILES string of the molecule is CSCCCNc1cnc(C#N)cn1. The number of rotatable bonds is 5. The van der Waals surface area contributed by atoms with Gasteiger partial charge in [-0.3, -0.25) is 0 Å². The van der Waals surface area contributed by atoms with Crippen LogP contribution in [0.3, 0.4) is 0 Å². The van der Waals surface area contributed by atoms with Crippen LogP contribution >= 0.6 is 11.8 Å². The van der Waals surface area contributed by atoms with Gasteiger partial charge >= 0.3 is 0 Å². The fraction of sp³-hybridized carbons (Fsp3) is 0.444. The van der Waals surface area contributed by atoms with E-state index in [2.05, 4.69) is 21.5 Å². The summed E-state index contributed by atoms with van der Waals surface area (Å²) in [5, 5.41) is 11.6. The van der Waals surface area contributed by atoms with Gasteiger partial charge in [-0.1, -0.05) is 0 Å². The Balaban J connectivity index is 2.33. The van der Waals surface area contributed by atoms with E-state index in [-0.39, 0.29) is 0 Å². The van der Waals surface area contributed by atoms with Crippen LogP contribution < -0.4 is 5.32 Å². The molecule has 0 fully saturated rings. The molecule has 0 spiro atoms. The third kappa shape index (κ3) is 3.62. The molecular weight excluding hydrogens is 196 g/mol. The highest BCUT2D eigenvalue weighted by Crippen LogP contribution is 2.01. The molecule has 0 saturated carbocycles. The number of thioether (sulfide) groups is 1. The van der Waals surface area contributed by atoms with Crippen LogP contribution in [-0.2, 0) is 0 Å². The summed E-state index contributed by atoms with van der Waals surface area (Å²) in [6.45, 7) is 0.890. The van der Waals surface area contributed by atoms with Gasteiger partial charge in [0.25, 0.3) is 0 Å². The molecule has 0 aromatic carbocycles. The molecule has 0 radical (unpaired) electrons. The lowest BCUT2D eigenvalue weighted by Crippen LogP contribution is -2.04. The molecule has 0 atom stereocenters. The third-order valence-electron chi connectivity index (χ3n) is 1.60. The van der Waals surface area contributed by atoms with Crippen LogP contribution in [0.5, 0.6) is 0 Å². The second-order valence-electron chi connectivity index (χ2n) is 2.67. The van der Waals surface area contributed by atoms with Crippen molar-refractivity contribution in [3.05, 3.63) is 18.1 Å². The third-order valence-corrected chi connectivity index (χ3v) is 2.29. The highest BCUT2D eigenvalue weighted by atomic mass is 32.2. The van der Waals surface area contributed by atoms with Gasteiger partial charge in [-0.2, -0.15) is 17.0 Å². The highest BCUT2D eigenvalue weighted by molar-refractivity contribution is 7.98. The van der Waals surface area contributed by atoms with Crippen molar-refractivity contribution in [1.82, 2.24) is 9.97 Å². The second kappa shape index (κ2) is 6.22. The Labute approximate surface area is 87.8 Å². The molecule has 1 N–H and O–H groups in total. The summed E-state index contributed by atoms with van der Waals surface area (Å²) >= 11 is 1.82. The normalized spacial score (nSPS) is 9.43. The van der Waals surface area contributed by atoms with Gasteiger partial charge in [0.15, 0.2) is 5.69 Å². The molecule has 0 aliphatic heterocycles. The minimum Gasteiger partial charge on any atom is -0.369 e. The molecule has 1 rings (SSSR count). The number of hydrogen-bond donors (Lipinski definition) is 1. The lowest BCUT2D eigenvalue weighted by atomic mass is 10.4. The topological polar surface area (TPSA) is 61.6 Å². The Hall–Kier alpha value is -1.28. The van der Waals surface area contributed by atoms with Crippen LogP contribution in [0.25, 0.3) is 0 Å². The van der Waals surface area contributed by atoms with E-state index in [1.54, 1.807) is 6.20 Å².